The third kappa shape index (κ3) is 5.63. The van der Waals surface area contributed by atoms with Gasteiger partial charge in [0.1, 0.15) is 17.9 Å². The van der Waals surface area contributed by atoms with Crippen molar-refractivity contribution in [3.63, 3.8) is 0 Å². The zero-order chi connectivity index (χ0) is 25.0. The summed E-state index contributed by atoms with van der Waals surface area (Å²) in [5.41, 5.74) is 2.34. The highest BCUT2D eigenvalue weighted by Gasteiger charge is 2.23. The van der Waals surface area contributed by atoms with Gasteiger partial charge in [-0.25, -0.2) is 0 Å². The van der Waals surface area contributed by atoms with Gasteiger partial charge in [0.25, 0.3) is 0 Å². The third-order valence-electron chi connectivity index (χ3n) is 5.18. The quantitative estimate of drug-likeness (QED) is 0.289. The first-order valence-electron chi connectivity index (χ1n) is 10.6. The molecule has 0 aliphatic heterocycles. The minimum Gasteiger partial charge on any atom is -0.353 e. The summed E-state index contributed by atoms with van der Waals surface area (Å²) >= 11 is 0. The van der Waals surface area contributed by atoms with Gasteiger partial charge in [-0.05, 0) is 24.8 Å². The molecule has 0 atom stereocenters. The lowest BCUT2D eigenvalue weighted by molar-refractivity contribution is -0.386. The Morgan fingerprint density at radius 2 is 1.76 bits per heavy atom. The Labute approximate surface area is 195 Å². The Morgan fingerprint density at radius 1 is 1.12 bits per heavy atom. The number of benzene rings is 1. The van der Waals surface area contributed by atoms with Crippen LogP contribution in [0.2, 0.25) is 0 Å². The average Bonchev–Trinajstić information content (AvgIpc) is 3.35. The second-order valence-corrected chi connectivity index (χ2v) is 8.79. The fraction of sp³-hybridized carbons (Fsp3) is 0.409. The van der Waals surface area contributed by atoms with E-state index in [0.717, 1.165) is 11.1 Å². The lowest BCUT2D eigenvalue weighted by Crippen LogP contribution is -2.36. The molecule has 0 radical (unpaired) electrons. The molecule has 2 aromatic heterocycles. The van der Waals surface area contributed by atoms with Crippen LogP contribution in [0, 0.1) is 24.0 Å². The maximum atomic E-state index is 12.3. The maximum absolute atomic E-state index is 12.3. The number of nitro groups is 1. The number of aryl methyl sites for hydroxylation is 1. The molecule has 0 bridgehead atoms. The molecule has 180 valence electrons. The molecule has 12 nitrogen and oxygen atoms in total. The van der Waals surface area contributed by atoms with Crippen molar-refractivity contribution in [3.05, 3.63) is 57.2 Å². The van der Waals surface area contributed by atoms with Crippen molar-refractivity contribution < 1.29 is 19.0 Å². The van der Waals surface area contributed by atoms with Crippen LogP contribution in [0.3, 0.4) is 0 Å². The van der Waals surface area contributed by atoms with Crippen LogP contribution in [-0.2, 0) is 16.8 Å². The Bertz CT molecular complexity index is 1210. The Morgan fingerprint density at radius 3 is 2.35 bits per heavy atom. The predicted molar refractivity (Wildman–Crippen MR) is 122 cm³/mol. The summed E-state index contributed by atoms with van der Waals surface area (Å²) in [5.74, 6) is -0.837. The van der Waals surface area contributed by atoms with Gasteiger partial charge < -0.3 is 15.2 Å². The predicted octanol–water partition coefficient (Wildman–Crippen LogP) is 2.30. The summed E-state index contributed by atoms with van der Waals surface area (Å²) in [6.07, 6.45) is 0. The maximum Gasteiger partial charge on any atom is 0.316 e. The van der Waals surface area contributed by atoms with Crippen molar-refractivity contribution >= 4 is 17.5 Å². The molecule has 2 N–H and O–H groups in total. The molecule has 3 aromatic rings. The van der Waals surface area contributed by atoms with E-state index < -0.39 is 16.7 Å². The van der Waals surface area contributed by atoms with Crippen molar-refractivity contribution in [1.29, 1.82) is 0 Å². The molecule has 2 heterocycles. The van der Waals surface area contributed by atoms with Crippen molar-refractivity contribution in [2.45, 2.75) is 46.6 Å². The number of amides is 2. The van der Waals surface area contributed by atoms with Gasteiger partial charge in [0.05, 0.1) is 4.92 Å². The van der Waals surface area contributed by atoms with Crippen LogP contribution in [0.5, 0.6) is 0 Å². The zero-order valence-electron chi connectivity index (χ0n) is 19.7. The summed E-state index contributed by atoms with van der Waals surface area (Å²) in [4.78, 5) is 39.1. The standard InChI is InChI=1S/C22H27N7O5/c1-13-18(29(32)33)14(2)28(26-13)12-17(30)23-10-11-24-20(31)21-25-19(27-34-21)15-6-8-16(9-7-15)22(3,4)5/h6-9H,10-12H2,1-5H3,(H,23,30)(H,24,31). The van der Waals surface area contributed by atoms with E-state index in [4.69, 9.17) is 4.52 Å². The molecule has 2 amide bonds. The summed E-state index contributed by atoms with van der Waals surface area (Å²) in [5, 5.41) is 24.2. The van der Waals surface area contributed by atoms with Gasteiger partial charge >= 0.3 is 17.5 Å². The molecule has 0 spiro atoms. The lowest BCUT2D eigenvalue weighted by atomic mass is 9.87. The van der Waals surface area contributed by atoms with E-state index >= 15 is 0 Å². The van der Waals surface area contributed by atoms with Crippen LogP contribution in [0.4, 0.5) is 5.69 Å². The number of aromatic nitrogens is 4. The number of rotatable bonds is 8. The van der Waals surface area contributed by atoms with Gasteiger partial charge in [-0.1, -0.05) is 50.2 Å². The number of nitrogens with zero attached hydrogens (tertiary/aromatic N) is 5. The van der Waals surface area contributed by atoms with Crippen LogP contribution < -0.4 is 10.6 Å². The average molecular weight is 470 g/mol. The van der Waals surface area contributed by atoms with Gasteiger partial charge in [-0.2, -0.15) is 10.1 Å². The van der Waals surface area contributed by atoms with Crippen molar-refractivity contribution in [2.24, 2.45) is 0 Å². The van der Waals surface area contributed by atoms with Gasteiger partial charge in [-0.3, -0.25) is 24.4 Å². The monoisotopic (exact) mass is 469 g/mol. The largest absolute Gasteiger partial charge is 0.353 e. The topological polar surface area (TPSA) is 158 Å². The molecular formula is C22H27N7O5. The summed E-state index contributed by atoms with van der Waals surface area (Å²) in [7, 11) is 0. The fourth-order valence-electron chi connectivity index (χ4n) is 3.30. The number of hydrogen-bond acceptors (Lipinski definition) is 8. The molecule has 1 aromatic carbocycles. The van der Waals surface area contributed by atoms with Crippen molar-refractivity contribution in [1.82, 2.24) is 30.6 Å². The minimum atomic E-state index is -0.562. The van der Waals surface area contributed by atoms with Gasteiger partial charge in [0.15, 0.2) is 0 Å². The van der Waals surface area contributed by atoms with Gasteiger partial charge in [-0.15, -0.1) is 0 Å². The molecule has 34 heavy (non-hydrogen) atoms. The van der Waals surface area contributed by atoms with Crippen LogP contribution in [0.1, 0.15) is 48.4 Å². The van der Waals surface area contributed by atoms with Crippen LogP contribution in [0.15, 0.2) is 28.8 Å². The summed E-state index contributed by atoms with van der Waals surface area (Å²) < 4.78 is 6.33. The molecule has 0 unspecified atom stereocenters. The van der Waals surface area contributed by atoms with E-state index in [1.54, 1.807) is 0 Å². The molecule has 0 saturated heterocycles. The molecular weight excluding hydrogens is 442 g/mol. The van der Waals surface area contributed by atoms with Crippen LogP contribution in [0.25, 0.3) is 11.4 Å². The third-order valence-corrected chi connectivity index (χ3v) is 5.18. The number of hydrogen-bond donors (Lipinski definition) is 2. The normalized spacial score (nSPS) is 11.3. The van der Waals surface area contributed by atoms with Crippen LogP contribution in [-0.4, -0.2) is 49.7 Å². The number of carbonyl (C=O) groups excluding carboxylic acids is 2. The highest BCUT2D eigenvalue weighted by Crippen LogP contribution is 2.25. The number of nitrogens with one attached hydrogen (secondary N) is 2. The molecule has 12 heteroatoms. The Hall–Kier alpha value is -4.09. The first-order valence-corrected chi connectivity index (χ1v) is 10.6. The Kier molecular flexibility index (Phi) is 7.08. The van der Waals surface area contributed by atoms with E-state index in [2.05, 4.69) is 46.6 Å². The zero-order valence-corrected chi connectivity index (χ0v) is 19.7. The van der Waals surface area contributed by atoms with Crippen molar-refractivity contribution in [2.75, 3.05) is 13.1 Å². The highest BCUT2D eigenvalue weighted by molar-refractivity contribution is 5.89. The molecule has 0 aliphatic carbocycles. The highest BCUT2D eigenvalue weighted by atomic mass is 16.6. The van der Waals surface area contributed by atoms with E-state index in [1.165, 1.54) is 18.5 Å². The van der Waals surface area contributed by atoms with E-state index in [-0.39, 0.29) is 42.3 Å². The van der Waals surface area contributed by atoms with Gasteiger partial charge in [0, 0.05) is 18.7 Å². The fourth-order valence-corrected chi connectivity index (χ4v) is 3.30. The molecule has 0 saturated carbocycles. The minimum absolute atomic E-state index is 0.0182. The Balaban J connectivity index is 1.48. The lowest BCUT2D eigenvalue weighted by Gasteiger charge is -2.18. The van der Waals surface area contributed by atoms with Gasteiger partial charge in [0.2, 0.25) is 11.7 Å². The molecule has 0 aliphatic rings. The van der Waals surface area contributed by atoms with E-state index in [9.17, 15) is 19.7 Å². The molecule has 0 fully saturated rings. The smallest absolute Gasteiger partial charge is 0.316 e. The van der Waals surface area contributed by atoms with Crippen LogP contribution >= 0.6 is 0 Å². The first kappa shape index (κ1) is 24.6. The second kappa shape index (κ2) is 9.81. The summed E-state index contributed by atoms with van der Waals surface area (Å²) in [6, 6.07) is 7.72. The SMILES string of the molecule is Cc1nn(CC(=O)NCCNC(=O)c2nc(-c3ccc(C(C)(C)C)cc3)no2)c(C)c1[N+](=O)[O-]. The van der Waals surface area contributed by atoms with Crippen molar-refractivity contribution in [3.8, 4) is 11.4 Å². The number of carbonyl (C=O) groups is 2. The first-order chi connectivity index (χ1) is 16.0. The van der Waals surface area contributed by atoms with E-state index in [1.807, 2.05) is 24.3 Å². The molecule has 3 rings (SSSR count). The second-order valence-electron chi connectivity index (χ2n) is 8.79. The summed E-state index contributed by atoms with van der Waals surface area (Å²) in [6.45, 7) is 9.49. The van der Waals surface area contributed by atoms with E-state index in [0.29, 0.717) is 11.5 Å².